The van der Waals surface area contributed by atoms with Crippen LogP contribution in [-0.2, 0) is 17.9 Å². The standard InChI is InChI=1S/C33H31ClN6O4S/c1-21-16-35-18-28(37-21)23-8-9-25(27(34)15-23)26-14-24-17-36-31(45-2)38-29(24)40(30(26)41)20-33(43)10-12-39(13-11-33)32(42)44-19-22-6-4-3-5-7-22/h3-9,14-18,43H,10-13,19-20H2,1-2H3. The Morgan fingerprint density at radius 3 is 2.53 bits per heavy atom. The van der Waals surface area contributed by atoms with Gasteiger partial charge in [0.25, 0.3) is 5.56 Å². The quantitative estimate of drug-likeness (QED) is 0.174. The van der Waals surface area contributed by atoms with E-state index in [0.717, 1.165) is 16.8 Å². The van der Waals surface area contributed by atoms with E-state index < -0.39 is 11.7 Å². The van der Waals surface area contributed by atoms with Crippen molar-refractivity contribution in [1.29, 1.82) is 0 Å². The van der Waals surface area contributed by atoms with Crippen LogP contribution in [0.15, 0.2) is 83.1 Å². The van der Waals surface area contributed by atoms with Gasteiger partial charge >= 0.3 is 6.09 Å². The summed E-state index contributed by atoms with van der Waals surface area (Å²) in [7, 11) is 0. The number of pyridine rings is 1. The van der Waals surface area contributed by atoms with Crippen LogP contribution in [0, 0.1) is 6.92 Å². The Balaban J connectivity index is 1.28. The van der Waals surface area contributed by atoms with Gasteiger partial charge in [-0.3, -0.25) is 14.3 Å². The summed E-state index contributed by atoms with van der Waals surface area (Å²) in [5.41, 5.74) is 2.86. The number of ether oxygens (including phenoxy) is 1. The van der Waals surface area contributed by atoms with Crippen LogP contribution < -0.4 is 5.56 Å². The third-order valence-corrected chi connectivity index (χ3v) is 8.78. The first-order valence-corrected chi connectivity index (χ1v) is 16.0. The molecule has 12 heteroatoms. The third kappa shape index (κ3) is 6.70. The number of aliphatic hydroxyl groups is 1. The van der Waals surface area contributed by atoms with Crippen LogP contribution in [0.1, 0.15) is 24.1 Å². The molecular formula is C33H31ClN6O4S. The van der Waals surface area contributed by atoms with E-state index in [9.17, 15) is 14.7 Å². The minimum Gasteiger partial charge on any atom is -0.445 e. The van der Waals surface area contributed by atoms with Crippen LogP contribution in [-0.4, -0.2) is 65.5 Å². The number of amides is 1. The van der Waals surface area contributed by atoms with Gasteiger partial charge in [-0.2, -0.15) is 0 Å². The second-order valence-electron chi connectivity index (χ2n) is 11.1. The number of fused-ring (bicyclic) bond motifs is 1. The fourth-order valence-electron chi connectivity index (χ4n) is 5.45. The Kier molecular flexibility index (Phi) is 8.84. The van der Waals surface area contributed by atoms with E-state index in [4.69, 9.17) is 16.3 Å². The van der Waals surface area contributed by atoms with Crippen LogP contribution in [0.5, 0.6) is 0 Å². The lowest BCUT2D eigenvalue weighted by Crippen LogP contribution is -2.50. The van der Waals surface area contributed by atoms with Crippen LogP contribution in [0.4, 0.5) is 4.79 Å². The number of hydrogen-bond acceptors (Lipinski definition) is 9. The number of carbonyl (C=O) groups is 1. The fraction of sp³-hybridized carbons (Fsp3) is 0.273. The predicted molar refractivity (Wildman–Crippen MR) is 174 cm³/mol. The smallest absolute Gasteiger partial charge is 0.410 e. The molecule has 1 fully saturated rings. The Morgan fingerprint density at radius 1 is 1.04 bits per heavy atom. The largest absolute Gasteiger partial charge is 0.445 e. The van der Waals surface area contributed by atoms with Gasteiger partial charge in [-0.15, -0.1) is 0 Å². The maximum Gasteiger partial charge on any atom is 0.410 e. The number of benzene rings is 2. The van der Waals surface area contributed by atoms with Crippen molar-refractivity contribution in [2.45, 2.75) is 43.7 Å². The number of nitrogens with zero attached hydrogens (tertiary/aromatic N) is 6. The normalized spacial score (nSPS) is 14.4. The molecule has 6 rings (SSSR count). The van der Waals surface area contributed by atoms with Crippen molar-refractivity contribution in [3.8, 4) is 22.4 Å². The second kappa shape index (κ2) is 13.0. The first-order chi connectivity index (χ1) is 21.7. The lowest BCUT2D eigenvalue weighted by molar-refractivity contribution is -0.0330. The van der Waals surface area contributed by atoms with Gasteiger partial charge in [0.05, 0.1) is 29.7 Å². The van der Waals surface area contributed by atoms with Gasteiger partial charge in [-0.1, -0.05) is 65.8 Å². The number of likely N-dealkylation sites (tertiary alicyclic amines) is 1. The van der Waals surface area contributed by atoms with Gasteiger partial charge in [-0.05, 0) is 43.7 Å². The summed E-state index contributed by atoms with van der Waals surface area (Å²) in [5.74, 6) is 0. The second-order valence-corrected chi connectivity index (χ2v) is 12.3. The molecule has 0 atom stereocenters. The Labute approximate surface area is 269 Å². The van der Waals surface area contributed by atoms with Crippen molar-refractivity contribution in [2.24, 2.45) is 0 Å². The highest BCUT2D eigenvalue weighted by molar-refractivity contribution is 7.98. The molecule has 1 N–H and O–H groups in total. The summed E-state index contributed by atoms with van der Waals surface area (Å²) in [4.78, 5) is 46.3. The number of rotatable bonds is 7. The molecule has 5 aromatic rings. The number of aryl methyl sites for hydroxylation is 1. The number of hydrogen-bond donors (Lipinski definition) is 1. The van der Waals surface area contributed by atoms with Gasteiger partial charge in [0, 0.05) is 52.6 Å². The zero-order valence-electron chi connectivity index (χ0n) is 24.8. The van der Waals surface area contributed by atoms with Crippen LogP contribution >= 0.6 is 23.4 Å². The van der Waals surface area contributed by atoms with Crippen molar-refractivity contribution in [3.05, 3.63) is 99.8 Å². The van der Waals surface area contributed by atoms with Gasteiger partial charge < -0.3 is 14.7 Å². The molecule has 45 heavy (non-hydrogen) atoms. The zero-order chi connectivity index (χ0) is 31.6. The van der Waals surface area contributed by atoms with Crippen molar-refractivity contribution < 1.29 is 14.6 Å². The summed E-state index contributed by atoms with van der Waals surface area (Å²) >= 11 is 8.14. The number of thioether (sulfide) groups is 1. The van der Waals surface area contributed by atoms with Gasteiger partial charge in [0.2, 0.25) is 0 Å². The summed E-state index contributed by atoms with van der Waals surface area (Å²) in [6.07, 6.45) is 6.97. The average Bonchev–Trinajstić information content (AvgIpc) is 3.05. The first kappa shape index (κ1) is 30.7. The molecule has 4 heterocycles. The van der Waals surface area contributed by atoms with Crippen molar-refractivity contribution in [2.75, 3.05) is 19.3 Å². The number of aromatic nitrogens is 5. The van der Waals surface area contributed by atoms with Crippen LogP contribution in [0.25, 0.3) is 33.4 Å². The topological polar surface area (TPSA) is 123 Å². The molecule has 0 unspecified atom stereocenters. The zero-order valence-corrected chi connectivity index (χ0v) is 26.4. The number of carbonyl (C=O) groups excluding carboxylic acids is 1. The molecule has 10 nitrogen and oxygen atoms in total. The highest BCUT2D eigenvalue weighted by Crippen LogP contribution is 2.33. The van der Waals surface area contributed by atoms with E-state index in [0.29, 0.717) is 38.0 Å². The predicted octanol–water partition coefficient (Wildman–Crippen LogP) is 5.76. The van der Waals surface area contributed by atoms with E-state index in [1.165, 1.54) is 16.3 Å². The maximum absolute atomic E-state index is 14.2. The van der Waals surface area contributed by atoms with E-state index in [1.54, 1.807) is 41.7 Å². The fourth-order valence-corrected chi connectivity index (χ4v) is 6.06. The highest BCUT2D eigenvalue weighted by Gasteiger charge is 2.36. The molecule has 1 amide bonds. The first-order valence-electron chi connectivity index (χ1n) is 14.4. The summed E-state index contributed by atoms with van der Waals surface area (Å²) in [6, 6.07) is 16.6. The van der Waals surface area contributed by atoms with Crippen molar-refractivity contribution in [1.82, 2.24) is 29.4 Å². The minimum absolute atomic E-state index is 0.0114. The number of piperidine rings is 1. The third-order valence-electron chi connectivity index (χ3n) is 7.91. The molecule has 1 aliphatic heterocycles. The van der Waals surface area contributed by atoms with Crippen LogP contribution in [0.2, 0.25) is 5.02 Å². The lowest BCUT2D eigenvalue weighted by atomic mass is 9.91. The monoisotopic (exact) mass is 642 g/mol. The average molecular weight is 643 g/mol. The molecule has 1 aliphatic rings. The molecule has 3 aromatic heterocycles. The molecule has 1 saturated heterocycles. The summed E-state index contributed by atoms with van der Waals surface area (Å²) in [6.45, 7) is 2.61. The summed E-state index contributed by atoms with van der Waals surface area (Å²) < 4.78 is 6.99. The number of halogens is 1. The van der Waals surface area contributed by atoms with Gasteiger partial charge in [0.1, 0.15) is 12.3 Å². The van der Waals surface area contributed by atoms with E-state index in [1.807, 2.05) is 49.6 Å². The lowest BCUT2D eigenvalue weighted by Gasteiger charge is -2.38. The molecular weight excluding hydrogens is 612 g/mol. The maximum atomic E-state index is 14.2. The molecule has 0 saturated carbocycles. The van der Waals surface area contributed by atoms with E-state index in [2.05, 4.69) is 19.9 Å². The Bertz CT molecular complexity index is 1930. The molecule has 0 radical (unpaired) electrons. The van der Waals surface area contributed by atoms with E-state index >= 15 is 0 Å². The Hall–Kier alpha value is -4.32. The molecule has 0 aliphatic carbocycles. The Morgan fingerprint density at radius 2 is 1.82 bits per heavy atom. The van der Waals surface area contributed by atoms with Crippen molar-refractivity contribution >= 4 is 40.5 Å². The molecule has 0 spiro atoms. The summed E-state index contributed by atoms with van der Waals surface area (Å²) in [5, 5.41) is 13.2. The van der Waals surface area contributed by atoms with Crippen LogP contribution in [0.3, 0.4) is 0 Å². The van der Waals surface area contributed by atoms with E-state index in [-0.39, 0.29) is 44.6 Å². The van der Waals surface area contributed by atoms with Crippen molar-refractivity contribution in [3.63, 3.8) is 0 Å². The van der Waals surface area contributed by atoms with Gasteiger partial charge in [0.15, 0.2) is 5.16 Å². The highest BCUT2D eigenvalue weighted by atomic mass is 35.5. The SMILES string of the molecule is CSc1ncc2cc(-c3ccc(-c4cncc(C)n4)cc3Cl)c(=O)n(CC3(O)CCN(C(=O)OCc4ccccc4)CC3)c2n1. The van der Waals surface area contributed by atoms with Gasteiger partial charge in [-0.25, -0.2) is 19.7 Å². The molecule has 2 aromatic carbocycles. The molecule has 230 valence electrons. The molecule has 0 bridgehead atoms. The minimum atomic E-state index is -1.26.